The maximum Gasteiger partial charge on any atom is 0.234 e. The maximum atomic E-state index is 12.2. The van der Waals surface area contributed by atoms with Gasteiger partial charge < -0.3 is 15.0 Å². The van der Waals surface area contributed by atoms with Crippen LogP contribution >= 0.6 is 0 Å². The van der Waals surface area contributed by atoms with Gasteiger partial charge >= 0.3 is 0 Å². The minimum Gasteiger partial charge on any atom is -0.375 e. The molecule has 3 rings (SSSR count). The first-order valence-corrected chi connectivity index (χ1v) is 10.0. The van der Waals surface area contributed by atoms with Crippen molar-refractivity contribution in [3.05, 3.63) is 0 Å². The molecule has 138 valence electrons. The summed E-state index contributed by atoms with van der Waals surface area (Å²) in [6.45, 7) is 4.87. The number of carbonyl (C=O) groups excluding carboxylic acids is 1. The lowest BCUT2D eigenvalue weighted by atomic mass is 9.95. The second-order valence-electron chi connectivity index (χ2n) is 8.02. The highest BCUT2D eigenvalue weighted by molar-refractivity contribution is 5.78. The molecule has 0 aromatic carbocycles. The van der Waals surface area contributed by atoms with Crippen molar-refractivity contribution < 1.29 is 9.53 Å². The highest BCUT2D eigenvalue weighted by Gasteiger charge is 2.26. The second kappa shape index (κ2) is 9.16. The minimum absolute atomic E-state index is 0.219. The van der Waals surface area contributed by atoms with E-state index in [-0.39, 0.29) is 5.91 Å². The van der Waals surface area contributed by atoms with E-state index >= 15 is 0 Å². The van der Waals surface area contributed by atoms with E-state index in [1.54, 1.807) is 0 Å². The zero-order chi connectivity index (χ0) is 16.8. The molecule has 5 nitrogen and oxygen atoms in total. The summed E-state index contributed by atoms with van der Waals surface area (Å²) in [5.41, 5.74) is 0. The molecule has 1 N–H and O–H groups in total. The van der Waals surface area contributed by atoms with E-state index < -0.39 is 0 Å². The van der Waals surface area contributed by atoms with E-state index in [1.807, 2.05) is 0 Å². The standard InChI is InChI=1S/C19H35N3O2/c1-21-11-7-17(8-12-21)24-18-9-13-22(14-10-18)15-19(23)20-16-5-3-2-4-6-16/h16-18H,2-15H2,1H3,(H,20,23). The number of rotatable bonds is 5. The lowest BCUT2D eigenvalue weighted by molar-refractivity contribution is -0.124. The summed E-state index contributed by atoms with van der Waals surface area (Å²) in [4.78, 5) is 16.9. The fourth-order valence-corrected chi connectivity index (χ4v) is 4.32. The molecular weight excluding hydrogens is 302 g/mol. The Bertz CT molecular complexity index is 382. The van der Waals surface area contributed by atoms with Gasteiger partial charge in [-0.25, -0.2) is 0 Å². The number of nitrogens with one attached hydrogen (secondary N) is 1. The summed E-state index contributed by atoms with van der Waals surface area (Å²) >= 11 is 0. The van der Waals surface area contributed by atoms with Crippen LogP contribution < -0.4 is 5.32 Å². The summed E-state index contributed by atoms with van der Waals surface area (Å²) in [6, 6.07) is 0.427. The first-order valence-electron chi connectivity index (χ1n) is 10.0. The quantitative estimate of drug-likeness (QED) is 0.833. The number of piperidine rings is 2. The van der Waals surface area contributed by atoms with Crippen molar-refractivity contribution in [3.63, 3.8) is 0 Å². The van der Waals surface area contributed by atoms with Crippen molar-refractivity contribution in [1.29, 1.82) is 0 Å². The molecule has 0 unspecified atom stereocenters. The number of hydrogen-bond donors (Lipinski definition) is 1. The van der Waals surface area contributed by atoms with Crippen molar-refractivity contribution >= 4 is 5.91 Å². The molecule has 0 spiro atoms. The molecule has 2 saturated heterocycles. The molecule has 0 aromatic rings. The van der Waals surface area contributed by atoms with Crippen LogP contribution in [0.4, 0.5) is 0 Å². The number of likely N-dealkylation sites (tertiary alicyclic amines) is 2. The smallest absolute Gasteiger partial charge is 0.234 e. The third kappa shape index (κ3) is 5.71. The minimum atomic E-state index is 0.219. The van der Waals surface area contributed by atoms with E-state index in [9.17, 15) is 4.79 Å². The van der Waals surface area contributed by atoms with E-state index in [0.29, 0.717) is 24.8 Å². The van der Waals surface area contributed by atoms with Gasteiger partial charge in [-0.15, -0.1) is 0 Å². The van der Waals surface area contributed by atoms with Crippen LogP contribution in [0.25, 0.3) is 0 Å². The number of hydrogen-bond acceptors (Lipinski definition) is 4. The van der Waals surface area contributed by atoms with Crippen LogP contribution in [-0.2, 0) is 9.53 Å². The van der Waals surface area contributed by atoms with Crippen LogP contribution in [0.5, 0.6) is 0 Å². The predicted octanol–water partition coefficient (Wildman–Crippen LogP) is 2.01. The van der Waals surface area contributed by atoms with Gasteiger partial charge in [-0.2, -0.15) is 0 Å². The molecule has 0 aromatic heterocycles. The molecule has 3 aliphatic rings. The lowest BCUT2D eigenvalue weighted by Gasteiger charge is -2.36. The highest BCUT2D eigenvalue weighted by atomic mass is 16.5. The average Bonchev–Trinajstić information content (AvgIpc) is 2.59. The first-order chi connectivity index (χ1) is 11.7. The highest BCUT2D eigenvalue weighted by Crippen LogP contribution is 2.21. The van der Waals surface area contributed by atoms with Gasteiger partial charge in [0.25, 0.3) is 0 Å². The summed E-state index contributed by atoms with van der Waals surface area (Å²) in [5, 5.41) is 3.23. The van der Waals surface area contributed by atoms with Gasteiger partial charge in [0, 0.05) is 32.2 Å². The summed E-state index contributed by atoms with van der Waals surface area (Å²) in [6.07, 6.45) is 11.5. The SMILES string of the molecule is CN1CCC(OC2CCN(CC(=O)NC3CCCCC3)CC2)CC1. The van der Waals surface area contributed by atoms with E-state index in [2.05, 4.69) is 22.2 Å². The van der Waals surface area contributed by atoms with Gasteiger partial charge in [-0.1, -0.05) is 19.3 Å². The Morgan fingerprint density at radius 2 is 1.50 bits per heavy atom. The molecule has 1 amide bonds. The monoisotopic (exact) mass is 337 g/mol. The van der Waals surface area contributed by atoms with Crippen LogP contribution in [0.3, 0.4) is 0 Å². The maximum absolute atomic E-state index is 12.2. The van der Waals surface area contributed by atoms with Gasteiger partial charge in [0.05, 0.1) is 18.8 Å². The Kier molecular flexibility index (Phi) is 6.93. The Hall–Kier alpha value is -0.650. The number of carbonyl (C=O) groups is 1. The van der Waals surface area contributed by atoms with Gasteiger partial charge in [0.1, 0.15) is 0 Å². The molecule has 2 aliphatic heterocycles. The Morgan fingerprint density at radius 1 is 0.917 bits per heavy atom. The molecule has 5 heteroatoms. The van der Waals surface area contributed by atoms with Gasteiger partial charge in [0.15, 0.2) is 0 Å². The average molecular weight is 338 g/mol. The third-order valence-electron chi connectivity index (χ3n) is 5.92. The van der Waals surface area contributed by atoms with Crippen LogP contribution in [0.1, 0.15) is 57.8 Å². The van der Waals surface area contributed by atoms with Crippen molar-refractivity contribution in [3.8, 4) is 0 Å². The van der Waals surface area contributed by atoms with Crippen LogP contribution in [0.2, 0.25) is 0 Å². The Morgan fingerprint density at radius 3 is 2.12 bits per heavy atom. The number of amides is 1. The van der Waals surface area contributed by atoms with E-state index in [1.165, 1.54) is 32.1 Å². The van der Waals surface area contributed by atoms with E-state index in [4.69, 9.17) is 4.74 Å². The first kappa shape index (κ1) is 18.2. The second-order valence-corrected chi connectivity index (χ2v) is 8.02. The molecule has 3 fully saturated rings. The topological polar surface area (TPSA) is 44.8 Å². The molecule has 1 aliphatic carbocycles. The molecule has 24 heavy (non-hydrogen) atoms. The largest absolute Gasteiger partial charge is 0.375 e. The predicted molar refractivity (Wildman–Crippen MR) is 96.1 cm³/mol. The molecule has 0 radical (unpaired) electrons. The molecule has 0 atom stereocenters. The molecule has 0 bridgehead atoms. The van der Waals surface area contributed by atoms with Crippen molar-refractivity contribution in [1.82, 2.24) is 15.1 Å². The molecule has 1 saturated carbocycles. The van der Waals surface area contributed by atoms with Gasteiger partial charge in [-0.3, -0.25) is 9.69 Å². The normalized spacial score (nSPS) is 26.5. The van der Waals surface area contributed by atoms with Crippen molar-refractivity contribution in [2.24, 2.45) is 0 Å². The van der Waals surface area contributed by atoms with Gasteiger partial charge in [0.2, 0.25) is 5.91 Å². The molecular formula is C19H35N3O2. The third-order valence-corrected chi connectivity index (χ3v) is 5.92. The summed E-state index contributed by atoms with van der Waals surface area (Å²) in [7, 11) is 2.19. The summed E-state index contributed by atoms with van der Waals surface area (Å²) < 4.78 is 6.30. The Balaban J connectivity index is 1.30. The number of nitrogens with zero attached hydrogens (tertiary/aromatic N) is 2. The number of ether oxygens (including phenoxy) is 1. The lowest BCUT2D eigenvalue weighted by Crippen LogP contribution is -2.46. The molecule has 2 heterocycles. The zero-order valence-electron chi connectivity index (χ0n) is 15.3. The fourth-order valence-electron chi connectivity index (χ4n) is 4.32. The van der Waals surface area contributed by atoms with Crippen LogP contribution in [0.15, 0.2) is 0 Å². The van der Waals surface area contributed by atoms with E-state index in [0.717, 1.165) is 51.9 Å². The van der Waals surface area contributed by atoms with Crippen molar-refractivity contribution in [2.75, 3.05) is 39.8 Å². The van der Waals surface area contributed by atoms with Crippen LogP contribution in [0, 0.1) is 0 Å². The fraction of sp³-hybridized carbons (Fsp3) is 0.947. The van der Waals surface area contributed by atoms with Crippen LogP contribution in [-0.4, -0.2) is 73.7 Å². The Labute approximate surface area is 147 Å². The van der Waals surface area contributed by atoms with Gasteiger partial charge in [-0.05, 0) is 45.6 Å². The zero-order valence-corrected chi connectivity index (χ0v) is 15.3. The summed E-state index contributed by atoms with van der Waals surface area (Å²) in [5.74, 6) is 0.219. The van der Waals surface area contributed by atoms with Crippen molar-refractivity contribution in [2.45, 2.75) is 76.0 Å².